The molecule has 1 amide bonds. The van der Waals surface area contributed by atoms with Crippen molar-refractivity contribution in [1.29, 1.82) is 0 Å². The fourth-order valence-corrected chi connectivity index (χ4v) is 4.84. The largest absolute Gasteiger partial charge is 0.484 e. The number of benzene rings is 1. The van der Waals surface area contributed by atoms with E-state index >= 15 is 0 Å². The van der Waals surface area contributed by atoms with Crippen molar-refractivity contribution < 1.29 is 17.9 Å². The van der Waals surface area contributed by atoms with Gasteiger partial charge in [0.15, 0.2) is 6.61 Å². The molecule has 0 atom stereocenters. The van der Waals surface area contributed by atoms with E-state index in [0.29, 0.717) is 22.2 Å². The summed E-state index contributed by atoms with van der Waals surface area (Å²) in [5.74, 6) is 0.480. The van der Waals surface area contributed by atoms with Gasteiger partial charge in [-0.05, 0) is 49.1 Å². The van der Waals surface area contributed by atoms with E-state index in [1.807, 2.05) is 6.92 Å². The number of carbonyl (C=O) groups is 1. The fraction of sp³-hybridized carbons (Fsp3) is 0.421. The number of likely N-dealkylation sites (N-methyl/N-ethyl adjacent to an activating group) is 1. The molecule has 0 saturated heterocycles. The Labute approximate surface area is 165 Å². The molecule has 0 fully saturated rings. The lowest BCUT2D eigenvalue weighted by Crippen LogP contribution is -2.35. The molecule has 0 radical (unpaired) electrons. The van der Waals surface area contributed by atoms with Crippen molar-refractivity contribution >= 4 is 33.0 Å². The number of thiophene rings is 1. The molecule has 0 N–H and O–H groups in total. The molecule has 2 rings (SSSR count). The molecule has 8 heteroatoms. The van der Waals surface area contributed by atoms with E-state index in [0.717, 1.165) is 19.4 Å². The van der Waals surface area contributed by atoms with E-state index < -0.39 is 10.0 Å². The van der Waals surface area contributed by atoms with E-state index in [4.69, 9.17) is 4.74 Å². The topological polar surface area (TPSA) is 66.9 Å². The minimum absolute atomic E-state index is 0.0275. The van der Waals surface area contributed by atoms with Crippen LogP contribution < -0.4 is 9.04 Å². The maximum absolute atomic E-state index is 12.5. The van der Waals surface area contributed by atoms with Crippen molar-refractivity contribution in [2.45, 2.75) is 30.9 Å². The lowest BCUT2D eigenvalue weighted by Gasteiger charge is -2.21. The normalized spacial score (nSPS) is 11.2. The molecular weight excluding hydrogens is 384 g/mol. The summed E-state index contributed by atoms with van der Waals surface area (Å²) in [6.07, 6.45) is 2.01. The van der Waals surface area contributed by atoms with Gasteiger partial charge in [0, 0.05) is 20.1 Å². The average molecular weight is 411 g/mol. The second-order valence-electron chi connectivity index (χ2n) is 6.01. The number of hydrogen-bond donors (Lipinski definition) is 0. The third-order valence-corrected chi connectivity index (χ3v) is 7.35. The molecular formula is C19H26N2O4S2. The second kappa shape index (κ2) is 9.75. The smallest absolute Gasteiger partial charge is 0.273 e. The van der Waals surface area contributed by atoms with Crippen LogP contribution in [0.1, 0.15) is 26.7 Å². The van der Waals surface area contributed by atoms with Gasteiger partial charge in [0.2, 0.25) is 0 Å². The van der Waals surface area contributed by atoms with Gasteiger partial charge in [-0.3, -0.25) is 9.10 Å². The molecule has 0 unspecified atom stereocenters. The number of hydrogen-bond acceptors (Lipinski definition) is 5. The molecule has 27 heavy (non-hydrogen) atoms. The van der Waals surface area contributed by atoms with Crippen molar-refractivity contribution in [3.05, 3.63) is 41.8 Å². The van der Waals surface area contributed by atoms with Gasteiger partial charge < -0.3 is 9.64 Å². The summed E-state index contributed by atoms with van der Waals surface area (Å²) in [5, 5.41) is 1.73. The van der Waals surface area contributed by atoms with Crippen LogP contribution in [0.25, 0.3) is 0 Å². The van der Waals surface area contributed by atoms with E-state index in [1.54, 1.807) is 46.7 Å². The van der Waals surface area contributed by atoms with Crippen molar-refractivity contribution in [3.63, 3.8) is 0 Å². The highest BCUT2D eigenvalue weighted by atomic mass is 32.2. The van der Waals surface area contributed by atoms with Crippen molar-refractivity contribution in [3.8, 4) is 5.75 Å². The van der Waals surface area contributed by atoms with Crippen LogP contribution in [0, 0.1) is 0 Å². The molecule has 0 aliphatic rings. The van der Waals surface area contributed by atoms with Gasteiger partial charge in [-0.15, -0.1) is 11.3 Å². The maximum atomic E-state index is 12.5. The summed E-state index contributed by atoms with van der Waals surface area (Å²) < 4.78 is 32.2. The minimum Gasteiger partial charge on any atom is -0.484 e. The molecule has 6 nitrogen and oxygen atoms in total. The lowest BCUT2D eigenvalue weighted by atomic mass is 10.3. The Morgan fingerprint density at radius 3 is 2.41 bits per heavy atom. The molecule has 148 valence electrons. The van der Waals surface area contributed by atoms with Crippen LogP contribution in [-0.2, 0) is 14.8 Å². The summed E-state index contributed by atoms with van der Waals surface area (Å²) in [4.78, 5) is 14.0. The Balaban J connectivity index is 1.98. The summed E-state index contributed by atoms with van der Waals surface area (Å²) in [6.45, 7) is 5.41. The van der Waals surface area contributed by atoms with E-state index in [-0.39, 0.29) is 12.5 Å². The van der Waals surface area contributed by atoms with Gasteiger partial charge in [-0.25, -0.2) is 8.42 Å². The van der Waals surface area contributed by atoms with Crippen LogP contribution in [0.3, 0.4) is 0 Å². The summed E-state index contributed by atoms with van der Waals surface area (Å²) in [6, 6.07) is 9.97. The number of anilines is 1. The van der Waals surface area contributed by atoms with Crippen molar-refractivity contribution in [2.24, 2.45) is 0 Å². The Kier molecular flexibility index (Phi) is 7.67. The molecule has 1 aromatic heterocycles. The first-order valence-electron chi connectivity index (χ1n) is 8.93. The highest BCUT2D eigenvalue weighted by Crippen LogP contribution is 2.26. The van der Waals surface area contributed by atoms with Crippen LogP contribution >= 0.6 is 11.3 Å². The highest BCUT2D eigenvalue weighted by molar-refractivity contribution is 7.94. The third kappa shape index (κ3) is 5.46. The number of carbonyl (C=O) groups excluding carboxylic acids is 1. The first kappa shape index (κ1) is 21.2. The predicted octanol–water partition coefficient (Wildman–Crippen LogP) is 3.60. The first-order valence-corrected chi connectivity index (χ1v) is 11.2. The number of rotatable bonds is 10. The number of unbranched alkanes of at least 4 members (excludes halogenated alkanes) is 1. The van der Waals surface area contributed by atoms with Crippen molar-refractivity contribution in [1.82, 2.24) is 4.90 Å². The highest BCUT2D eigenvalue weighted by Gasteiger charge is 2.22. The van der Waals surface area contributed by atoms with Crippen LogP contribution in [0.15, 0.2) is 46.0 Å². The van der Waals surface area contributed by atoms with Crippen LogP contribution in [0.4, 0.5) is 5.69 Å². The summed E-state index contributed by atoms with van der Waals surface area (Å²) in [5.41, 5.74) is 0.528. The monoisotopic (exact) mass is 410 g/mol. The molecule has 2 aromatic rings. The van der Waals surface area contributed by atoms with Gasteiger partial charge in [-0.2, -0.15) is 0 Å². The van der Waals surface area contributed by atoms with E-state index in [1.165, 1.54) is 22.7 Å². The maximum Gasteiger partial charge on any atom is 0.273 e. The predicted molar refractivity (Wildman–Crippen MR) is 109 cm³/mol. The third-order valence-electron chi connectivity index (χ3n) is 4.19. The summed E-state index contributed by atoms with van der Waals surface area (Å²) >= 11 is 1.18. The standard InChI is InChI=1S/C19H26N2O4S2/c1-4-6-13-21(5-2)18(22)15-25-17-11-9-16(10-12-17)20(3)27(23,24)19-8-7-14-26-19/h7-12,14H,4-6,13,15H2,1-3H3. The average Bonchev–Trinajstić information content (AvgIpc) is 3.22. The van der Waals surface area contributed by atoms with E-state index in [9.17, 15) is 13.2 Å². The zero-order chi connectivity index (χ0) is 19.9. The Hall–Kier alpha value is -2.06. The molecule has 0 spiro atoms. The molecule has 1 heterocycles. The van der Waals surface area contributed by atoms with Crippen LogP contribution in [0.2, 0.25) is 0 Å². The van der Waals surface area contributed by atoms with Gasteiger partial charge in [-0.1, -0.05) is 19.4 Å². The quantitative estimate of drug-likeness (QED) is 0.600. The zero-order valence-corrected chi connectivity index (χ0v) is 17.6. The van der Waals surface area contributed by atoms with Crippen LogP contribution in [0.5, 0.6) is 5.75 Å². The first-order chi connectivity index (χ1) is 12.9. The number of sulfonamides is 1. The number of nitrogens with zero attached hydrogens (tertiary/aromatic N) is 2. The summed E-state index contributed by atoms with van der Waals surface area (Å²) in [7, 11) is -2.05. The molecule has 0 aliphatic carbocycles. The molecule has 0 aliphatic heterocycles. The Morgan fingerprint density at radius 2 is 1.85 bits per heavy atom. The van der Waals surface area contributed by atoms with Crippen LogP contribution in [-0.4, -0.2) is 46.0 Å². The number of ether oxygens (including phenoxy) is 1. The van der Waals surface area contributed by atoms with Crippen molar-refractivity contribution in [2.75, 3.05) is 31.0 Å². The van der Waals surface area contributed by atoms with Gasteiger partial charge in [0.1, 0.15) is 9.96 Å². The SMILES string of the molecule is CCCCN(CC)C(=O)COc1ccc(N(C)S(=O)(=O)c2cccs2)cc1. The minimum atomic E-state index is -3.56. The lowest BCUT2D eigenvalue weighted by molar-refractivity contribution is -0.133. The molecule has 0 saturated carbocycles. The van der Waals surface area contributed by atoms with Gasteiger partial charge in [0.05, 0.1) is 5.69 Å². The fourth-order valence-electron chi connectivity index (χ4n) is 2.48. The number of amides is 1. The van der Waals surface area contributed by atoms with Gasteiger partial charge >= 0.3 is 0 Å². The Morgan fingerprint density at radius 1 is 1.15 bits per heavy atom. The second-order valence-corrected chi connectivity index (χ2v) is 9.16. The zero-order valence-electron chi connectivity index (χ0n) is 15.9. The molecule has 0 bridgehead atoms. The molecule has 1 aromatic carbocycles. The van der Waals surface area contributed by atoms with E-state index in [2.05, 4.69) is 6.92 Å². The van der Waals surface area contributed by atoms with Gasteiger partial charge in [0.25, 0.3) is 15.9 Å². The Bertz CT molecular complexity index is 818.